The molecule has 0 radical (unpaired) electrons. The van der Waals surface area contributed by atoms with Crippen molar-refractivity contribution in [1.82, 2.24) is 5.32 Å². The Balaban J connectivity index is 1.99. The molecule has 0 saturated carbocycles. The minimum atomic E-state index is -0.293. The molecule has 116 valence electrons. The molecular formula is C16H22ClNO3. The monoisotopic (exact) mass is 311 g/mol. The maximum absolute atomic E-state index is 11.5. The minimum absolute atomic E-state index is 0.0685. The van der Waals surface area contributed by atoms with Gasteiger partial charge >= 0.3 is 5.97 Å². The molecule has 1 aromatic carbocycles. The number of carbonyl (C=O) groups excluding carboxylic acids is 1. The van der Waals surface area contributed by atoms with Crippen molar-refractivity contribution in [3.8, 4) is 5.75 Å². The van der Waals surface area contributed by atoms with Gasteiger partial charge in [0.2, 0.25) is 0 Å². The second-order valence-corrected chi connectivity index (χ2v) is 5.87. The number of nitrogens with one attached hydrogen (secondary N) is 1. The number of hydrogen-bond donors (Lipinski definition) is 1. The standard InChI is InChI=1S/C16H22ClNO3/c1-4-10(2)11-5-6-15(13(17)7-11)21-12-8-14(18-9-12)16(19)20-3/h5-7,10,12,14,18H,4,8-9H2,1-3H3/t10?,12-,14-/m0/s1. The summed E-state index contributed by atoms with van der Waals surface area (Å²) >= 11 is 6.30. The first-order valence-corrected chi connectivity index (χ1v) is 7.70. The lowest BCUT2D eigenvalue weighted by molar-refractivity contribution is -0.142. The quantitative estimate of drug-likeness (QED) is 0.849. The van der Waals surface area contributed by atoms with Crippen molar-refractivity contribution in [3.63, 3.8) is 0 Å². The summed E-state index contributed by atoms with van der Waals surface area (Å²) in [6.07, 6.45) is 1.60. The van der Waals surface area contributed by atoms with Crippen LogP contribution in [0.4, 0.5) is 0 Å². The molecule has 1 aliphatic heterocycles. The lowest BCUT2D eigenvalue weighted by atomic mass is 9.99. The van der Waals surface area contributed by atoms with Crippen molar-refractivity contribution >= 4 is 17.6 Å². The first-order chi connectivity index (χ1) is 10.0. The van der Waals surface area contributed by atoms with Crippen molar-refractivity contribution in [2.75, 3.05) is 13.7 Å². The summed E-state index contributed by atoms with van der Waals surface area (Å²) < 4.78 is 10.6. The summed E-state index contributed by atoms with van der Waals surface area (Å²) in [6, 6.07) is 5.63. The molecule has 21 heavy (non-hydrogen) atoms. The third kappa shape index (κ3) is 3.89. The fourth-order valence-corrected chi connectivity index (χ4v) is 2.68. The van der Waals surface area contributed by atoms with Crippen LogP contribution in [0, 0.1) is 0 Å². The van der Waals surface area contributed by atoms with Crippen LogP contribution in [-0.2, 0) is 9.53 Å². The van der Waals surface area contributed by atoms with Crippen LogP contribution in [0.2, 0.25) is 5.02 Å². The Labute approximate surface area is 130 Å². The lowest BCUT2D eigenvalue weighted by Crippen LogP contribution is -2.31. The van der Waals surface area contributed by atoms with Gasteiger partial charge in [-0.3, -0.25) is 4.79 Å². The molecule has 1 aromatic rings. The zero-order valence-electron chi connectivity index (χ0n) is 12.7. The van der Waals surface area contributed by atoms with Gasteiger partial charge in [0.15, 0.2) is 0 Å². The van der Waals surface area contributed by atoms with E-state index in [1.807, 2.05) is 12.1 Å². The van der Waals surface area contributed by atoms with Crippen LogP contribution in [0.3, 0.4) is 0 Å². The molecule has 5 heteroatoms. The van der Waals surface area contributed by atoms with Crippen molar-refractivity contribution in [3.05, 3.63) is 28.8 Å². The Hall–Kier alpha value is -1.26. The summed E-state index contributed by atoms with van der Waals surface area (Å²) in [7, 11) is 1.39. The largest absolute Gasteiger partial charge is 0.487 e. The molecule has 0 aromatic heterocycles. The molecule has 1 unspecified atom stereocenters. The highest BCUT2D eigenvalue weighted by atomic mass is 35.5. The summed E-state index contributed by atoms with van der Waals surface area (Å²) in [6.45, 7) is 4.94. The van der Waals surface area contributed by atoms with Gasteiger partial charge in [-0.1, -0.05) is 31.5 Å². The molecule has 0 spiro atoms. The molecule has 1 heterocycles. The second kappa shape index (κ2) is 7.14. The predicted molar refractivity (Wildman–Crippen MR) is 83.0 cm³/mol. The fraction of sp³-hybridized carbons (Fsp3) is 0.562. The van der Waals surface area contributed by atoms with E-state index in [2.05, 4.69) is 25.2 Å². The van der Waals surface area contributed by atoms with Crippen molar-refractivity contribution in [2.24, 2.45) is 0 Å². The number of methoxy groups -OCH3 is 1. The maximum atomic E-state index is 11.5. The molecule has 0 bridgehead atoms. The van der Waals surface area contributed by atoms with Gasteiger partial charge < -0.3 is 14.8 Å². The van der Waals surface area contributed by atoms with Crippen LogP contribution in [0.25, 0.3) is 0 Å². The van der Waals surface area contributed by atoms with Crippen LogP contribution in [-0.4, -0.2) is 31.8 Å². The van der Waals surface area contributed by atoms with Gasteiger partial charge in [0, 0.05) is 13.0 Å². The van der Waals surface area contributed by atoms with Gasteiger partial charge in [-0.05, 0) is 30.0 Å². The smallest absolute Gasteiger partial charge is 0.323 e. The number of rotatable bonds is 5. The molecular weight excluding hydrogens is 290 g/mol. The number of halogens is 1. The van der Waals surface area contributed by atoms with Crippen LogP contribution < -0.4 is 10.1 Å². The van der Waals surface area contributed by atoms with Crippen LogP contribution in [0.1, 0.15) is 38.2 Å². The highest BCUT2D eigenvalue weighted by Crippen LogP contribution is 2.31. The topological polar surface area (TPSA) is 47.6 Å². The average Bonchev–Trinajstić information content (AvgIpc) is 2.96. The molecule has 1 saturated heterocycles. The van der Waals surface area contributed by atoms with Gasteiger partial charge in [0.1, 0.15) is 17.9 Å². The molecule has 1 aliphatic rings. The van der Waals surface area contributed by atoms with Crippen molar-refractivity contribution in [2.45, 2.75) is 44.8 Å². The van der Waals surface area contributed by atoms with E-state index in [-0.39, 0.29) is 18.1 Å². The Morgan fingerprint density at radius 3 is 2.90 bits per heavy atom. The number of carbonyl (C=O) groups is 1. The Bertz CT molecular complexity index is 506. The first kappa shape index (κ1) is 16.1. The number of esters is 1. The molecule has 0 aliphatic carbocycles. The van der Waals surface area contributed by atoms with Gasteiger partial charge in [-0.15, -0.1) is 0 Å². The van der Waals surface area contributed by atoms with Crippen molar-refractivity contribution in [1.29, 1.82) is 0 Å². The zero-order valence-corrected chi connectivity index (χ0v) is 13.4. The Morgan fingerprint density at radius 1 is 1.52 bits per heavy atom. The highest BCUT2D eigenvalue weighted by Gasteiger charge is 2.31. The summed E-state index contributed by atoms with van der Waals surface area (Å²) in [4.78, 5) is 11.5. The third-order valence-electron chi connectivity index (χ3n) is 4.01. The van der Waals surface area contributed by atoms with Gasteiger partial charge in [0.25, 0.3) is 0 Å². The van der Waals surface area contributed by atoms with Gasteiger partial charge in [-0.2, -0.15) is 0 Å². The lowest BCUT2D eigenvalue weighted by Gasteiger charge is -2.16. The SMILES string of the molecule is CCC(C)c1ccc(O[C@@H]2CN[C@H](C(=O)OC)C2)c(Cl)c1. The fourth-order valence-electron chi connectivity index (χ4n) is 2.45. The summed E-state index contributed by atoms with van der Waals surface area (Å²) in [5.41, 5.74) is 1.21. The molecule has 3 atom stereocenters. The normalized spacial score (nSPS) is 22.9. The van der Waals surface area contributed by atoms with E-state index in [1.165, 1.54) is 12.7 Å². The van der Waals surface area contributed by atoms with E-state index in [0.29, 0.717) is 29.7 Å². The number of ether oxygens (including phenoxy) is 2. The van der Waals surface area contributed by atoms with E-state index in [9.17, 15) is 4.79 Å². The van der Waals surface area contributed by atoms with Crippen LogP contribution in [0.5, 0.6) is 5.75 Å². The van der Waals surface area contributed by atoms with Crippen LogP contribution in [0.15, 0.2) is 18.2 Å². The zero-order chi connectivity index (χ0) is 15.4. The van der Waals surface area contributed by atoms with Gasteiger partial charge in [0.05, 0.1) is 12.1 Å². The van der Waals surface area contributed by atoms with E-state index in [4.69, 9.17) is 21.1 Å². The molecule has 2 rings (SSSR count). The minimum Gasteiger partial charge on any atom is -0.487 e. The summed E-state index contributed by atoms with van der Waals surface area (Å²) in [5, 5.41) is 3.71. The second-order valence-electron chi connectivity index (χ2n) is 5.46. The molecule has 1 fully saturated rings. The Morgan fingerprint density at radius 2 is 2.29 bits per heavy atom. The van der Waals surface area contributed by atoms with E-state index < -0.39 is 0 Å². The molecule has 0 amide bonds. The Kier molecular flexibility index (Phi) is 5.48. The van der Waals surface area contributed by atoms with E-state index >= 15 is 0 Å². The van der Waals surface area contributed by atoms with Gasteiger partial charge in [-0.25, -0.2) is 0 Å². The first-order valence-electron chi connectivity index (χ1n) is 7.32. The molecule has 4 nitrogen and oxygen atoms in total. The van der Waals surface area contributed by atoms with Crippen LogP contribution >= 0.6 is 11.6 Å². The number of hydrogen-bond acceptors (Lipinski definition) is 4. The summed E-state index contributed by atoms with van der Waals surface area (Å²) in [5.74, 6) is 0.897. The molecule has 1 N–H and O–H groups in total. The maximum Gasteiger partial charge on any atom is 0.323 e. The third-order valence-corrected chi connectivity index (χ3v) is 4.30. The van der Waals surface area contributed by atoms with E-state index in [1.54, 1.807) is 0 Å². The predicted octanol–water partition coefficient (Wildman–Crippen LogP) is 3.14. The number of benzene rings is 1. The van der Waals surface area contributed by atoms with E-state index in [0.717, 1.165) is 6.42 Å². The highest BCUT2D eigenvalue weighted by molar-refractivity contribution is 6.32. The average molecular weight is 312 g/mol. The van der Waals surface area contributed by atoms with Crippen molar-refractivity contribution < 1.29 is 14.3 Å².